The number of nitrogen functional groups attached to an aromatic ring is 1. The number of rotatable bonds is 4. The fourth-order valence-corrected chi connectivity index (χ4v) is 2.05. The number of imidazole rings is 1. The third-order valence-corrected chi connectivity index (χ3v) is 3.05. The molecule has 4 nitrogen and oxygen atoms in total. The van der Waals surface area contributed by atoms with E-state index in [0.717, 1.165) is 29.3 Å². The number of hydrogen-bond acceptors (Lipinski definition) is 3. The van der Waals surface area contributed by atoms with Crippen molar-refractivity contribution in [3.05, 3.63) is 30.1 Å². The predicted molar refractivity (Wildman–Crippen MR) is 78.2 cm³/mol. The maximum Gasteiger partial charge on any atom is 0.131 e. The number of nitrogens with zero attached hydrogens (tertiary/aromatic N) is 2. The summed E-state index contributed by atoms with van der Waals surface area (Å²) in [7, 11) is 1.95. The normalized spacial score (nSPS) is 11.0. The summed E-state index contributed by atoms with van der Waals surface area (Å²) in [6, 6.07) is 7.90. The molecule has 0 aliphatic rings. The molecule has 0 fully saturated rings. The molecule has 0 saturated carbocycles. The Balaban J connectivity index is 2.32. The summed E-state index contributed by atoms with van der Waals surface area (Å²) in [5, 5.41) is 0. The van der Waals surface area contributed by atoms with Gasteiger partial charge in [-0.1, -0.05) is 6.92 Å². The zero-order chi connectivity index (χ0) is 14.0. The van der Waals surface area contributed by atoms with Crippen molar-refractivity contribution in [1.29, 1.82) is 0 Å². The van der Waals surface area contributed by atoms with Crippen LogP contribution in [0.2, 0.25) is 0 Å². The molecule has 0 amide bonds. The molecular weight excluding hydrogens is 238 g/mol. The van der Waals surface area contributed by atoms with E-state index < -0.39 is 0 Å². The summed E-state index contributed by atoms with van der Waals surface area (Å²) in [5.74, 6) is 2.56. The first-order valence-electron chi connectivity index (χ1n) is 6.61. The quantitative estimate of drug-likeness (QED) is 0.918. The smallest absolute Gasteiger partial charge is 0.131 e. The third-order valence-electron chi connectivity index (χ3n) is 3.05. The van der Waals surface area contributed by atoms with Gasteiger partial charge < -0.3 is 15.0 Å². The Morgan fingerprint density at radius 2 is 1.89 bits per heavy atom. The Kier molecular flexibility index (Phi) is 3.79. The van der Waals surface area contributed by atoms with Crippen molar-refractivity contribution in [3.63, 3.8) is 0 Å². The van der Waals surface area contributed by atoms with Crippen molar-refractivity contribution < 1.29 is 4.74 Å². The molecular formula is C15H21N3O. The van der Waals surface area contributed by atoms with Gasteiger partial charge in [0.05, 0.1) is 6.10 Å². The SMILES string of the molecule is CCc1nc(-c2ccc(OC(C)C)cc2)c(N)n1C. The minimum absolute atomic E-state index is 0.178. The fourth-order valence-electron chi connectivity index (χ4n) is 2.05. The summed E-state index contributed by atoms with van der Waals surface area (Å²) in [6.07, 6.45) is 1.05. The summed E-state index contributed by atoms with van der Waals surface area (Å²) in [5.41, 5.74) is 7.96. The first-order valence-corrected chi connectivity index (χ1v) is 6.61. The van der Waals surface area contributed by atoms with E-state index in [1.807, 2.05) is 49.7 Å². The molecule has 0 unspecified atom stereocenters. The minimum atomic E-state index is 0.178. The van der Waals surface area contributed by atoms with Crippen molar-refractivity contribution in [2.75, 3.05) is 5.73 Å². The van der Waals surface area contributed by atoms with Gasteiger partial charge in [0, 0.05) is 19.0 Å². The van der Waals surface area contributed by atoms with E-state index in [1.165, 1.54) is 0 Å². The molecule has 0 bridgehead atoms. The van der Waals surface area contributed by atoms with Crippen molar-refractivity contribution in [3.8, 4) is 17.0 Å². The topological polar surface area (TPSA) is 53.1 Å². The number of nitrogens with two attached hydrogens (primary N) is 1. The Bertz CT molecular complexity index is 556. The highest BCUT2D eigenvalue weighted by atomic mass is 16.5. The average Bonchev–Trinajstić information content (AvgIpc) is 2.66. The number of ether oxygens (including phenoxy) is 1. The van der Waals surface area contributed by atoms with Gasteiger partial charge >= 0.3 is 0 Å². The lowest BCUT2D eigenvalue weighted by molar-refractivity contribution is 0.242. The molecule has 0 aliphatic heterocycles. The highest BCUT2D eigenvalue weighted by Gasteiger charge is 2.12. The summed E-state index contributed by atoms with van der Waals surface area (Å²) < 4.78 is 7.57. The Morgan fingerprint density at radius 1 is 1.26 bits per heavy atom. The van der Waals surface area contributed by atoms with E-state index in [-0.39, 0.29) is 6.10 Å². The molecule has 4 heteroatoms. The molecule has 1 aromatic heterocycles. The second-order valence-electron chi connectivity index (χ2n) is 4.87. The summed E-state index contributed by atoms with van der Waals surface area (Å²) >= 11 is 0. The Hall–Kier alpha value is -1.97. The molecule has 0 saturated heterocycles. The van der Waals surface area contributed by atoms with Crippen LogP contribution in [0.4, 0.5) is 5.82 Å². The zero-order valence-electron chi connectivity index (χ0n) is 12.0. The van der Waals surface area contributed by atoms with E-state index >= 15 is 0 Å². The van der Waals surface area contributed by atoms with Gasteiger partial charge in [-0.05, 0) is 38.1 Å². The molecule has 1 heterocycles. The van der Waals surface area contributed by atoms with Crippen molar-refractivity contribution in [2.45, 2.75) is 33.3 Å². The molecule has 2 N–H and O–H groups in total. The van der Waals surface area contributed by atoms with Gasteiger partial charge in [-0.2, -0.15) is 0 Å². The lowest BCUT2D eigenvalue weighted by Crippen LogP contribution is -2.05. The molecule has 0 aliphatic carbocycles. The van der Waals surface area contributed by atoms with Crippen LogP contribution in [0.15, 0.2) is 24.3 Å². The molecule has 0 spiro atoms. The monoisotopic (exact) mass is 259 g/mol. The Labute approximate surface area is 114 Å². The van der Waals surface area contributed by atoms with Crippen LogP contribution < -0.4 is 10.5 Å². The molecule has 2 rings (SSSR count). The maximum absolute atomic E-state index is 6.10. The molecule has 102 valence electrons. The minimum Gasteiger partial charge on any atom is -0.491 e. The van der Waals surface area contributed by atoms with Crippen molar-refractivity contribution in [1.82, 2.24) is 9.55 Å². The van der Waals surface area contributed by atoms with Crippen LogP contribution in [0.25, 0.3) is 11.3 Å². The zero-order valence-corrected chi connectivity index (χ0v) is 12.0. The van der Waals surface area contributed by atoms with Crippen LogP contribution in [0.1, 0.15) is 26.6 Å². The largest absolute Gasteiger partial charge is 0.491 e. The van der Waals surface area contributed by atoms with Gasteiger partial charge in [-0.3, -0.25) is 0 Å². The molecule has 2 aromatic rings. The van der Waals surface area contributed by atoms with Gasteiger partial charge in [0.15, 0.2) is 0 Å². The predicted octanol–water partition coefficient (Wildman–Crippen LogP) is 3.02. The van der Waals surface area contributed by atoms with Crippen LogP contribution in [-0.4, -0.2) is 15.7 Å². The van der Waals surface area contributed by atoms with Crippen LogP contribution in [-0.2, 0) is 13.5 Å². The lowest BCUT2D eigenvalue weighted by Gasteiger charge is -2.09. The first-order chi connectivity index (χ1) is 9.02. The second kappa shape index (κ2) is 5.34. The number of hydrogen-bond donors (Lipinski definition) is 1. The fraction of sp³-hybridized carbons (Fsp3) is 0.400. The molecule has 0 radical (unpaired) electrons. The van der Waals surface area contributed by atoms with Gasteiger partial charge in [0.1, 0.15) is 23.1 Å². The van der Waals surface area contributed by atoms with E-state index in [2.05, 4.69) is 11.9 Å². The highest BCUT2D eigenvalue weighted by molar-refractivity contribution is 5.71. The molecule has 1 aromatic carbocycles. The maximum atomic E-state index is 6.10. The van der Waals surface area contributed by atoms with E-state index in [1.54, 1.807) is 0 Å². The Morgan fingerprint density at radius 3 is 2.37 bits per heavy atom. The third kappa shape index (κ3) is 2.72. The van der Waals surface area contributed by atoms with Crippen LogP contribution in [0.5, 0.6) is 5.75 Å². The van der Waals surface area contributed by atoms with Crippen molar-refractivity contribution in [2.24, 2.45) is 7.05 Å². The first kappa shape index (κ1) is 13.5. The van der Waals surface area contributed by atoms with E-state index in [4.69, 9.17) is 10.5 Å². The van der Waals surface area contributed by atoms with Gasteiger partial charge in [0.2, 0.25) is 0 Å². The van der Waals surface area contributed by atoms with E-state index in [9.17, 15) is 0 Å². The van der Waals surface area contributed by atoms with Crippen molar-refractivity contribution >= 4 is 5.82 Å². The van der Waals surface area contributed by atoms with Crippen LogP contribution in [0, 0.1) is 0 Å². The molecule has 19 heavy (non-hydrogen) atoms. The van der Waals surface area contributed by atoms with Crippen LogP contribution >= 0.6 is 0 Å². The van der Waals surface area contributed by atoms with Gasteiger partial charge in [-0.25, -0.2) is 4.98 Å². The van der Waals surface area contributed by atoms with Gasteiger partial charge in [0.25, 0.3) is 0 Å². The lowest BCUT2D eigenvalue weighted by atomic mass is 10.1. The standard InChI is InChI=1S/C15H21N3O/c1-5-13-17-14(15(16)18(13)4)11-6-8-12(9-7-11)19-10(2)3/h6-10H,5,16H2,1-4H3. The number of anilines is 1. The van der Waals surface area contributed by atoms with Gasteiger partial charge in [-0.15, -0.1) is 0 Å². The number of aromatic nitrogens is 2. The number of aryl methyl sites for hydroxylation is 1. The average molecular weight is 259 g/mol. The van der Waals surface area contributed by atoms with Crippen LogP contribution in [0.3, 0.4) is 0 Å². The highest BCUT2D eigenvalue weighted by Crippen LogP contribution is 2.27. The second-order valence-corrected chi connectivity index (χ2v) is 4.87. The molecule has 0 atom stereocenters. The summed E-state index contributed by atoms with van der Waals surface area (Å²) in [4.78, 5) is 4.59. The van der Waals surface area contributed by atoms with E-state index in [0.29, 0.717) is 5.82 Å². The summed E-state index contributed by atoms with van der Waals surface area (Å²) in [6.45, 7) is 6.10. The number of benzene rings is 1.